The predicted octanol–water partition coefficient (Wildman–Crippen LogP) is 2.19. The highest BCUT2D eigenvalue weighted by Crippen LogP contribution is 2.36. The topological polar surface area (TPSA) is 15.6 Å². The van der Waals surface area contributed by atoms with E-state index in [1.165, 1.54) is 30.9 Å². The molecule has 3 heteroatoms. The second-order valence-corrected chi connectivity index (χ2v) is 4.51. The maximum absolute atomic E-state index is 4.72. The number of fused-ring (bicyclic) bond motifs is 3. The maximum Gasteiger partial charge on any atom is 0.168 e. The van der Waals surface area contributed by atoms with E-state index in [-0.39, 0.29) is 0 Å². The van der Waals surface area contributed by atoms with Crippen molar-refractivity contribution in [2.75, 3.05) is 0 Å². The van der Waals surface area contributed by atoms with Crippen LogP contribution in [0.25, 0.3) is 0 Å². The summed E-state index contributed by atoms with van der Waals surface area (Å²) in [7, 11) is 0. The molecule has 0 bridgehead atoms. The highest BCUT2D eigenvalue weighted by Gasteiger charge is 2.37. The first-order chi connectivity index (χ1) is 5.95. The van der Waals surface area contributed by atoms with Gasteiger partial charge in [0.2, 0.25) is 0 Å². The summed E-state index contributed by atoms with van der Waals surface area (Å²) < 4.78 is 0. The van der Waals surface area contributed by atoms with E-state index < -0.39 is 0 Å². The molecule has 0 unspecified atom stereocenters. The molecule has 0 radical (unpaired) electrons. The minimum Gasteiger partial charge on any atom is -0.322 e. The van der Waals surface area contributed by atoms with Crippen LogP contribution in [0.15, 0.2) is 16.6 Å². The van der Waals surface area contributed by atoms with Gasteiger partial charge in [-0.3, -0.25) is 4.99 Å². The van der Waals surface area contributed by atoms with Gasteiger partial charge in [-0.05, 0) is 18.2 Å². The normalized spacial score (nSPS) is 38.0. The molecule has 1 fully saturated rings. The quantitative estimate of drug-likeness (QED) is 0.568. The molecule has 1 saturated carbocycles. The molecule has 0 spiro atoms. The Balaban J connectivity index is 1.90. The molecule has 2 atom stereocenters. The van der Waals surface area contributed by atoms with Crippen LogP contribution < -0.4 is 0 Å². The summed E-state index contributed by atoms with van der Waals surface area (Å²) in [5.74, 6) is 0. The van der Waals surface area contributed by atoms with Gasteiger partial charge in [0.15, 0.2) is 5.17 Å². The van der Waals surface area contributed by atoms with Crippen LogP contribution in [0.2, 0.25) is 0 Å². The number of aliphatic imine (C=N–C) groups is 1. The molecule has 0 aromatic rings. The first kappa shape index (κ1) is 7.01. The lowest BCUT2D eigenvalue weighted by Crippen LogP contribution is -2.35. The van der Waals surface area contributed by atoms with Crippen LogP contribution in [-0.4, -0.2) is 22.2 Å². The molecule has 2 aliphatic heterocycles. The van der Waals surface area contributed by atoms with Crippen molar-refractivity contribution < 1.29 is 0 Å². The van der Waals surface area contributed by atoms with Crippen molar-refractivity contribution in [2.24, 2.45) is 4.99 Å². The number of thioether (sulfide) groups is 1. The van der Waals surface area contributed by atoms with E-state index in [0.717, 1.165) is 0 Å². The van der Waals surface area contributed by atoms with Crippen LogP contribution in [0, 0.1) is 0 Å². The Morgan fingerprint density at radius 1 is 1.42 bits per heavy atom. The zero-order valence-corrected chi connectivity index (χ0v) is 7.76. The molecule has 0 aromatic heterocycles. The predicted molar refractivity (Wildman–Crippen MR) is 52.0 cm³/mol. The summed E-state index contributed by atoms with van der Waals surface area (Å²) in [6.07, 6.45) is 7.60. The van der Waals surface area contributed by atoms with Crippen LogP contribution in [0.3, 0.4) is 0 Å². The van der Waals surface area contributed by atoms with Gasteiger partial charge in [0.25, 0.3) is 0 Å². The Morgan fingerprint density at radius 3 is 3.33 bits per heavy atom. The second kappa shape index (κ2) is 2.52. The first-order valence-electron chi connectivity index (χ1n) is 4.64. The summed E-state index contributed by atoms with van der Waals surface area (Å²) in [6.45, 7) is 0. The summed E-state index contributed by atoms with van der Waals surface area (Å²) >= 11 is 1.77. The van der Waals surface area contributed by atoms with E-state index in [4.69, 9.17) is 4.99 Å². The highest BCUT2D eigenvalue weighted by atomic mass is 32.2. The Hall–Kier alpha value is -0.440. The molecule has 3 aliphatic rings. The monoisotopic (exact) mass is 180 g/mol. The average Bonchev–Trinajstić information content (AvgIpc) is 2.62. The Morgan fingerprint density at radius 2 is 2.33 bits per heavy atom. The van der Waals surface area contributed by atoms with Crippen molar-refractivity contribution in [3.05, 3.63) is 11.6 Å². The van der Waals surface area contributed by atoms with Crippen molar-refractivity contribution >= 4 is 16.9 Å². The summed E-state index contributed by atoms with van der Waals surface area (Å²) in [5.41, 5.74) is 0. The second-order valence-electron chi connectivity index (χ2n) is 3.64. The zero-order chi connectivity index (χ0) is 7.97. The number of hydrogen-bond donors (Lipinski definition) is 0. The fourth-order valence-electron chi connectivity index (χ4n) is 2.34. The van der Waals surface area contributed by atoms with Gasteiger partial charge in [0, 0.05) is 6.20 Å². The maximum atomic E-state index is 4.72. The lowest BCUT2D eigenvalue weighted by Gasteiger charge is -2.28. The molecule has 3 rings (SSSR count). The van der Waals surface area contributed by atoms with Crippen molar-refractivity contribution in [1.82, 2.24) is 4.90 Å². The molecule has 2 heterocycles. The Kier molecular flexibility index (Phi) is 1.47. The van der Waals surface area contributed by atoms with Gasteiger partial charge in [-0.1, -0.05) is 24.6 Å². The summed E-state index contributed by atoms with van der Waals surface area (Å²) in [6, 6.07) is 1.33. The molecule has 0 saturated heterocycles. The van der Waals surface area contributed by atoms with Crippen molar-refractivity contribution in [3.8, 4) is 0 Å². The van der Waals surface area contributed by atoms with Gasteiger partial charge < -0.3 is 4.90 Å². The van der Waals surface area contributed by atoms with Crippen LogP contribution in [0.1, 0.15) is 25.7 Å². The van der Waals surface area contributed by atoms with Crippen molar-refractivity contribution in [3.63, 3.8) is 0 Å². The molecule has 0 N–H and O–H groups in total. The number of amidine groups is 1. The molecular formula is C9H12N2S. The standard InChI is InChI=1S/C9H12N2S/c1-2-4-8-7(3-1)10-9-11(8)5-6-12-9/h5-8H,1-4H2/t7-,8-/m0/s1. The molecule has 0 aromatic carbocycles. The average molecular weight is 180 g/mol. The van der Waals surface area contributed by atoms with Crippen LogP contribution in [-0.2, 0) is 0 Å². The van der Waals surface area contributed by atoms with Crippen molar-refractivity contribution in [2.45, 2.75) is 37.8 Å². The minimum absolute atomic E-state index is 0.617. The highest BCUT2D eigenvalue weighted by molar-refractivity contribution is 8.16. The van der Waals surface area contributed by atoms with E-state index in [0.29, 0.717) is 12.1 Å². The van der Waals surface area contributed by atoms with E-state index in [1.54, 1.807) is 11.8 Å². The van der Waals surface area contributed by atoms with Crippen molar-refractivity contribution in [1.29, 1.82) is 0 Å². The molecule has 2 nitrogen and oxygen atoms in total. The van der Waals surface area contributed by atoms with Gasteiger partial charge in [-0.25, -0.2) is 0 Å². The molecule has 1 aliphatic carbocycles. The largest absolute Gasteiger partial charge is 0.322 e. The molecule has 64 valence electrons. The lowest BCUT2D eigenvalue weighted by atomic mass is 9.91. The fourth-order valence-corrected chi connectivity index (χ4v) is 3.17. The smallest absolute Gasteiger partial charge is 0.168 e. The Labute approximate surface area is 76.7 Å². The van der Waals surface area contributed by atoms with Crippen LogP contribution >= 0.6 is 11.8 Å². The number of hydrogen-bond acceptors (Lipinski definition) is 3. The SMILES string of the molecule is C1=CN2C(=N[C@H]3CCCC[C@@H]32)S1. The summed E-state index contributed by atoms with van der Waals surface area (Å²) in [4.78, 5) is 7.08. The number of nitrogens with zero attached hydrogens (tertiary/aromatic N) is 2. The van der Waals surface area contributed by atoms with Gasteiger partial charge in [0.1, 0.15) is 0 Å². The van der Waals surface area contributed by atoms with Gasteiger partial charge in [-0.15, -0.1) is 0 Å². The van der Waals surface area contributed by atoms with Crippen LogP contribution in [0.5, 0.6) is 0 Å². The third kappa shape index (κ3) is 0.859. The van der Waals surface area contributed by atoms with E-state index >= 15 is 0 Å². The van der Waals surface area contributed by atoms with Gasteiger partial charge in [0.05, 0.1) is 12.1 Å². The molecular weight excluding hydrogens is 168 g/mol. The van der Waals surface area contributed by atoms with Gasteiger partial charge >= 0.3 is 0 Å². The van der Waals surface area contributed by atoms with Gasteiger partial charge in [-0.2, -0.15) is 0 Å². The first-order valence-corrected chi connectivity index (χ1v) is 5.52. The fraction of sp³-hybridized carbons (Fsp3) is 0.667. The molecule has 0 amide bonds. The van der Waals surface area contributed by atoms with E-state index in [2.05, 4.69) is 16.5 Å². The third-order valence-electron chi connectivity index (χ3n) is 2.94. The summed E-state index contributed by atoms with van der Waals surface area (Å²) in [5, 5.41) is 3.39. The number of rotatable bonds is 0. The van der Waals surface area contributed by atoms with E-state index in [9.17, 15) is 0 Å². The third-order valence-corrected chi connectivity index (χ3v) is 3.73. The van der Waals surface area contributed by atoms with E-state index in [1.807, 2.05) is 0 Å². The molecule has 12 heavy (non-hydrogen) atoms. The Bertz CT molecular complexity index is 259. The lowest BCUT2D eigenvalue weighted by molar-refractivity contribution is 0.297. The van der Waals surface area contributed by atoms with Crippen LogP contribution in [0.4, 0.5) is 0 Å². The minimum atomic E-state index is 0.617. The zero-order valence-electron chi connectivity index (χ0n) is 6.94.